The van der Waals surface area contributed by atoms with E-state index < -0.39 is 5.97 Å². The highest BCUT2D eigenvalue weighted by atomic mass is 16.4. The molecule has 0 aliphatic carbocycles. The zero-order valence-electron chi connectivity index (χ0n) is 12.1. The molecule has 2 rings (SSSR count). The first-order chi connectivity index (χ1) is 9.99. The fourth-order valence-corrected chi connectivity index (χ4v) is 2.33. The number of hydrogen-bond donors (Lipinski definition) is 2. The molecule has 0 atom stereocenters. The van der Waals surface area contributed by atoms with Gasteiger partial charge in [0.15, 0.2) is 0 Å². The molecule has 1 aromatic carbocycles. The lowest BCUT2D eigenvalue weighted by Crippen LogP contribution is -2.28. The minimum atomic E-state index is -1.02. The van der Waals surface area contributed by atoms with Gasteiger partial charge < -0.3 is 15.0 Å². The molecule has 5 heteroatoms. The Kier molecular flexibility index (Phi) is 4.42. The van der Waals surface area contributed by atoms with Gasteiger partial charge in [-0.2, -0.15) is 0 Å². The van der Waals surface area contributed by atoms with E-state index in [2.05, 4.69) is 5.32 Å². The third-order valence-electron chi connectivity index (χ3n) is 3.33. The quantitative estimate of drug-likeness (QED) is 0.884. The van der Waals surface area contributed by atoms with E-state index >= 15 is 0 Å². The second-order valence-electron chi connectivity index (χ2n) is 4.97. The molecular formula is C16H18N2O3. The minimum absolute atomic E-state index is 0.00808. The summed E-state index contributed by atoms with van der Waals surface area (Å²) in [6.45, 7) is 3.97. The molecule has 1 heterocycles. The van der Waals surface area contributed by atoms with Crippen LogP contribution in [0.1, 0.15) is 27.3 Å². The standard InChI is InChI=1S/C16H18N2O3/c1-11-8-12(2)18(15(11)16(20)21)10-14(19)17-9-13-6-4-3-5-7-13/h3-8H,9-10H2,1-2H3,(H,17,19)(H,20,21). The van der Waals surface area contributed by atoms with Gasteiger partial charge in [-0.15, -0.1) is 0 Å². The van der Waals surface area contributed by atoms with E-state index in [-0.39, 0.29) is 18.1 Å². The average Bonchev–Trinajstić information content (AvgIpc) is 2.72. The van der Waals surface area contributed by atoms with Crippen molar-refractivity contribution >= 4 is 11.9 Å². The van der Waals surface area contributed by atoms with Gasteiger partial charge in [-0.3, -0.25) is 4.79 Å². The fraction of sp³-hybridized carbons (Fsp3) is 0.250. The molecule has 0 bridgehead atoms. The Bertz CT molecular complexity index is 660. The largest absolute Gasteiger partial charge is 0.477 e. The molecule has 1 aromatic heterocycles. The summed E-state index contributed by atoms with van der Waals surface area (Å²) >= 11 is 0. The molecule has 0 spiro atoms. The van der Waals surface area contributed by atoms with Crippen LogP contribution in [0.3, 0.4) is 0 Å². The molecule has 110 valence electrons. The van der Waals surface area contributed by atoms with Gasteiger partial charge in [-0.1, -0.05) is 30.3 Å². The number of nitrogens with one attached hydrogen (secondary N) is 1. The Hall–Kier alpha value is -2.56. The fourth-order valence-electron chi connectivity index (χ4n) is 2.33. The summed E-state index contributed by atoms with van der Waals surface area (Å²) in [4.78, 5) is 23.3. The first-order valence-electron chi connectivity index (χ1n) is 6.69. The van der Waals surface area contributed by atoms with Crippen molar-refractivity contribution in [1.82, 2.24) is 9.88 Å². The van der Waals surface area contributed by atoms with E-state index in [4.69, 9.17) is 0 Å². The lowest BCUT2D eigenvalue weighted by atomic mass is 10.2. The number of benzene rings is 1. The van der Waals surface area contributed by atoms with E-state index in [1.165, 1.54) is 4.57 Å². The average molecular weight is 286 g/mol. The van der Waals surface area contributed by atoms with Gasteiger partial charge in [0.25, 0.3) is 0 Å². The van der Waals surface area contributed by atoms with Crippen molar-refractivity contribution in [1.29, 1.82) is 0 Å². The molecular weight excluding hydrogens is 268 g/mol. The maximum atomic E-state index is 12.0. The Morgan fingerprint density at radius 3 is 2.48 bits per heavy atom. The Balaban J connectivity index is 2.05. The molecule has 5 nitrogen and oxygen atoms in total. The first kappa shape index (κ1) is 14.8. The first-order valence-corrected chi connectivity index (χ1v) is 6.69. The van der Waals surface area contributed by atoms with Crippen molar-refractivity contribution in [3.63, 3.8) is 0 Å². The van der Waals surface area contributed by atoms with Crippen LogP contribution in [0.4, 0.5) is 0 Å². The van der Waals surface area contributed by atoms with Crippen molar-refractivity contribution in [2.75, 3.05) is 0 Å². The minimum Gasteiger partial charge on any atom is -0.477 e. The van der Waals surface area contributed by atoms with Gasteiger partial charge in [0.1, 0.15) is 12.2 Å². The van der Waals surface area contributed by atoms with Crippen LogP contribution < -0.4 is 5.32 Å². The van der Waals surface area contributed by atoms with E-state index in [1.54, 1.807) is 19.9 Å². The number of hydrogen-bond acceptors (Lipinski definition) is 2. The van der Waals surface area contributed by atoms with Crippen LogP contribution in [0.25, 0.3) is 0 Å². The SMILES string of the molecule is Cc1cc(C)n(CC(=O)NCc2ccccc2)c1C(=O)O. The third-order valence-corrected chi connectivity index (χ3v) is 3.33. The van der Waals surface area contributed by atoms with Gasteiger partial charge >= 0.3 is 5.97 Å². The molecule has 0 radical (unpaired) electrons. The van der Waals surface area contributed by atoms with Crippen LogP contribution >= 0.6 is 0 Å². The molecule has 0 aliphatic heterocycles. The van der Waals surface area contributed by atoms with E-state index in [1.807, 2.05) is 30.3 Å². The lowest BCUT2D eigenvalue weighted by Gasteiger charge is -2.10. The van der Waals surface area contributed by atoms with Crippen molar-refractivity contribution in [3.05, 3.63) is 58.9 Å². The number of carboxylic acids is 1. The molecule has 0 fully saturated rings. The highest BCUT2D eigenvalue weighted by Gasteiger charge is 2.18. The van der Waals surface area contributed by atoms with Gasteiger partial charge in [-0.25, -0.2) is 4.79 Å². The van der Waals surface area contributed by atoms with Crippen LogP contribution in [0, 0.1) is 13.8 Å². The van der Waals surface area contributed by atoms with Crippen LogP contribution in [-0.4, -0.2) is 21.6 Å². The summed E-state index contributed by atoms with van der Waals surface area (Å²) < 4.78 is 1.53. The van der Waals surface area contributed by atoms with Crippen molar-refractivity contribution < 1.29 is 14.7 Å². The van der Waals surface area contributed by atoms with Crippen molar-refractivity contribution in [3.8, 4) is 0 Å². The van der Waals surface area contributed by atoms with Crippen LogP contribution in [0.15, 0.2) is 36.4 Å². The third kappa shape index (κ3) is 3.51. The number of aromatic carboxylic acids is 1. The summed E-state index contributed by atoms with van der Waals surface area (Å²) in [5.74, 6) is -1.23. The second-order valence-corrected chi connectivity index (χ2v) is 4.97. The summed E-state index contributed by atoms with van der Waals surface area (Å²) in [7, 11) is 0. The number of aromatic nitrogens is 1. The maximum absolute atomic E-state index is 12.0. The molecule has 0 saturated carbocycles. The Morgan fingerprint density at radius 2 is 1.86 bits per heavy atom. The predicted molar refractivity (Wildman–Crippen MR) is 79.2 cm³/mol. The lowest BCUT2D eigenvalue weighted by molar-refractivity contribution is -0.121. The summed E-state index contributed by atoms with van der Waals surface area (Å²) in [6.07, 6.45) is 0. The van der Waals surface area contributed by atoms with Crippen LogP contribution in [-0.2, 0) is 17.9 Å². The molecule has 21 heavy (non-hydrogen) atoms. The van der Waals surface area contributed by atoms with Crippen molar-refractivity contribution in [2.24, 2.45) is 0 Å². The number of amides is 1. The van der Waals surface area contributed by atoms with Gasteiger partial charge in [0.05, 0.1) is 0 Å². The number of carbonyl (C=O) groups excluding carboxylic acids is 1. The van der Waals surface area contributed by atoms with Crippen molar-refractivity contribution in [2.45, 2.75) is 26.9 Å². The zero-order chi connectivity index (χ0) is 15.4. The number of rotatable bonds is 5. The molecule has 0 aliphatic rings. The van der Waals surface area contributed by atoms with Gasteiger partial charge in [-0.05, 0) is 31.0 Å². The summed E-state index contributed by atoms with van der Waals surface area (Å²) in [6, 6.07) is 11.3. The van der Waals surface area contributed by atoms with Gasteiger partial charge in [0, 0.05) is 12.2 Å². The molecule has 2 aromatic rings. The van der Waals surface area contributed by atoms with E-state index in [9.17, 15) is 14.7 Å². The van der Waals surface area contributed by atoms with E-state index in [0.717, 1.165) is 11.3 Å². The highest BCUT2D eigenvalue weighted by molar-refractivity contribution is 5.89. The zero-order valence-corrected chi connectivity index (χ0v) is 12.1. The smallest absolute Gasteiger partial charge is 0.352 e. The summed E-state index contributed by atoms with van der Waals surface area (Å²) in [5, 5.41) is 12.0. The van der Waals surface area contributed by atoms with Crippen LogP contribution in [0.5, 0.6) is 0 Å². The number of carboxylic acid groups (broad SMARTS) is 1. The molecule has 0 saturated heterocycles. The molecule has 1 amide bonds. The number of aryl methyl sites for hydroxylation is 2. The van der Waals surface area contributed by atoms with Crippen LogP contribution in [0.2, 0.25) is 0 Å². The molecule has 2 N–H and O–H groups in total. The van der Waals surface area contributed by atoms with E-state index in [0.29, 0.717) is 12.1 Å². The number of nitrogens with zero attached hydrogens (tertiary/aromatic N) is 1. The second kappa shape index (κ2) is 6.26. The molecule has 0 unspecified atom stereocenters. The predicted octanol–water partition coefficient (Wildman–Crippen LogP) is 2.12. The highest BCUT2D eigenvalue weighted by Crippen LogP contribution is 2.14. The Morgan fingerprint density at radius 1 is 1.19 bits per heavy atom. The topological polar surface area (TPSA) is 71.3 Å². The Labute approximate surface area is 123 Å². The number of carbonyl (C=O) groups is 2. The summed E-state index contributed by atoms with van der Waals surface area (Å²) in [5.41, 5.74) is 2.60. The normalized spacial score (nSPS) is 10.4. The monoisotopic (exact) mass is 286 g/mol. The maximum Gasteiger partial charge on any atom is 0.352 e. The van der Waals surface area contributed by atoms with Gasteiger partial charge in [0.2, 0.25) is 5.91 Å².